The Balaban J connectivity index is 1.58. The van der Waals surface area contributed by atoms with Gasteiger partial charge in [-0.15, -0.1) is 0 Å². The molecule has 1 fully saturated rings. The fourth-order valence-corrected chi connectivity index (χ4v) is 3.41. The number of hydrogen-bond donors (Lipinski definition) is 1. The van der Waals surface area contributed by atoms with Crippen molar-refractivity contribution in [2.45, 2.75) is 19.6 Å². The molecule has 31 heavy (non-hydrogen) atoms. The molecule has 1 N–H and O–H groups in total. The van der Waals surface area contributed by atoms with E-state index in [1.807, 2.05) is 60.7 Å². The summed E-state index contributed by atoms with van der Waals surface area (Å²) in [6.45, 7) is 2.58. The molecule has 1 aliphatic rings. The molecular formula is C23H22N4O4. The number of urea groups is 1. The predicted octanol–water partition coefficient (Wildman–Crippen LogP) is 2.70. The number of ether oxygens (including phenoxy) is 1. The van der Waals surface area contributed by atoms with Crippen LogP contribution in [0.3, 0.4) is 0 Å². The molecule has 2 aromatic carbocycles. The lowest BCUT2D eigenvalue weighted by Gasteiger charge is -2.18. The Hall–Kier alpha value is -3.94. The number of imide groups is 1. The Morgan fingerprint density at radius 1 is 1.10 bits per heavy atom. The van der Waals surface area contributed by atoms with E-state index in [4.69, 9.17) is 4.74 Å². The van der Waals surface area contributed by atoms with Gasteiger partial charge in [-0.25, -0.2) is 9.59 Å². The van der Waals surface area contributed by atoms with Gasteiger partial charge in [-0.05, 0) is 12.5 Å². The number of esters is 1. The van der Waals surface area contributed by atoms with Crippen LogP contribution < -0.4 is 5.32 Å². The van der Waals surface area contributed by atoms with Crippen LogP contribution in [-0.4, -0.2) is 51.8 Å². The van der Waals surface area contributed by atoms with E-state index in [0.29, 0.717) is 18.8 Å². The quantitative estimate of drug-likeness (QED) is 0.622. The van der Waals surface area contributed by atoms with Crippen LogP contribution in [0.4, 0.5) is 4.79 Å². The summed E-state index contributed by atoms with van der Waals surface area (Å²) in [5.74, 6) is -1.22. The van der Waals surface area contributed by atoms with Gasteiger partial charge < -0.3 is 10.1 Å². The Bertz CT molecular complexity index is 1100. The summed E-state index contributed by atoms with van der Waals surface area (Å²) in [5, 5.41) is 7.15. The first-order valence-electron chi connectivity index (χ1n) is 10.00. The lowest BCUT2D eigenvalue weighted by atomic mass is 10.1. The van der Waals surface area contributed by atoms with Gasteiger partial charge in [0.15, 0.2) is 6.10 Å². The van der Waals surface area contributed by atoms with Crippen LogP contribution in [0.1, 0.15) is 22.8 Å². The molecule has 0 saturated carbocycles. The average Bonchev–Trinajstić information content (AvgIpc) is 3.41. The van der Waals surface area contributed by atoms with E-state index in [9.17, 15) is 14.4 Å². The minimum atomic E-state index is -1.10. The molecule has 8 heteroatoms. The number of carbonyl (C=O) groups is 3. The summed E-state index contributed by atoms with van der Waals surface area (Å²) >= 11 is 0. The summed E-state index contributed by atoms with van der Waals surface area (Å²) < 4.78 is 7.10. The van der Waals surface area contributed by atoms with Crippen LogP contribution in [0.5, 0.6) is 0 Å². The van der Waals surface area contributed by atoms with E-state index in [2.05, 4.69) is 10.4 Å². The third kappa shape index (κ3) is 4.48. The fourth-order valence-electron chi connectivity index (χ4n) is 3.41. The van der Waals surface area contributed by atoms with Crippen LogP contribution >= 0.6 is 0 Å². The first-order chi connectivity index (χ1) is 15.0. The molecule has 0 spiro atoms. The Kier molecular flexibility index (Phi) is 5.79. The Morgan fingerprint density at radius 2 is 1.77 bits per heavy atom. The van der Waals surface area contributed by atoms with Gasteiger partial charge in [0.05, 0.1) is 6.54 Å². The van der Waals surface area contributed by atoms with Crippen LogP contribution in [0, 0.1) is 0 Å². The van der Waals surface area contributed by atoms with Crippen molar-refractivity contribution in [3.05, 3.63) is 78.0 Å². The lowest BCUT2D eigenvalue weighted by Crippen LogP contribution is -2.41. The second kappa shape index (κ2) is 8.83. The normalized spacial score (nSPS) is 14.2. The largest absolute Gasteiger partial charge is 0.449 e. The number of rotatable bonds is 6. The molecule has 1 atom stereocenters. The molecule has 0 aliphatic carbocycles. The Labute approximate surface area is 179 Å². The van der Waals surface area contributed by atoms with Crippen molar-refractivity contribution in [3.8, 4) is 11.3 Å². The summed E-state index contributed by atoms with van der Waals surface area (Å²) in [6, 6.07) is 18.6. The molecule has 3 amide bonds. The van der Waals surface area contributed by atoms with E-state index in [0.717, 1.165) is 16.0 Å². The van der Waals surface area contributed by atoms with Gasteiger partial charge in [-0.2, -0.15) is 5.10 Å². The molecule has 2 heterocycles. The number of aromatic nitrogens is 2. The van der Waals surface area contributed by atoms with E-state index in [-0.39, 0.29) is 12.1 Å². The van der Waals surface area contributed by atoms with Crippen molar-refractivity contribution >= 4 is 17.9 Å². The van der Waals surface area contributed by atoms with E-state index < -0.39 is 24.0 Å². The number of nitrogens with zero attached hydrogens (tertiary/aromatic N) is 3. The first kappa shape index (κ1) is 20.3. The highest BCUT2D eigenvalue weighted by atomic mass is 16.5. The number of benzene rings is 2. The third-order valence-electron chi connectivity index (χ3n) is 4.97. The standard InChI is InChI=1S/C23H22N4O4/c1-16(21(28)27-13-12-24-23(27)30)31-22(29)19-15-26(14-17-8-4-2-5-9-17)25-20(19)18-10-6-3-7-11-18/h2-11,15-16H,12-14H2,1H3,(H,24,30)/t16-/m0/s1. The van der Waals surface area contributed by atoms with Gasteiger partial charge in [0.2, 0.25) is 0 Å². The molecule has 158 valence electrons. The maximum atomic E-state index is 13.0. The molecular weight excluding hydrogens is 396 g/mol. The predicted molar refractivity (Wildman–Crippen MR) is 113 cm³/mol. The number of carbonyl (C=O) groups excluding carboxylic acids is 3. The molecule has 8 nitrogen and oxygen atoms in total. The maximum Gasteiger partial charge on any atom is 0.342 e. The molecule has 0 radical (unpaired) electrons. The fraction of sp³-hybridized carbons (Fsp3) is 0.217. The zero-order valence-corrected chi connectivity index (χ0v) is 17.0. The van der Waals surface area contributed by atoms with Crippen molar-refractivity contribution in [2.75, 3.05) is 13.1 Å². The van der Waals surface area contributed by atoms with Crippen molar-refractivity contribution in [2.24, 2.45) is 0 Å². The summed E-state index contributed by atoms with van der Waals surface area (Å²) in [7, 11) is 0. The minimum absolute atomic E-state index is 0.254. The van der Waals surface area contributed by atoms with E-state index >= 15 is 0 Å². The van der Waals surface area contributed by atoms with Gasteiger partial charge in [-0.3, -0.25) is 14.4 Å². The highest BCUT2D eigenvalue weighted by Gasteiger charge is 2.32. The van der Waals surface area contributed by atoms with Crippen molar-refractivity contribution < 1.29 is 19.1 Å². The van der Waals surface area contributed by atoms with Gasteiger partial charge in [0, 0.05) is 24.8 Å². The van der Waals surface area contributed by atoms with Crippen LogP contribution in [-0.2, 0) is 16.1 Å². The summed E-state index contributed by atoms with van der Waals surface area (Å²) in [5.41, 5.74) is 2.53. The zero-order chi connectivity index (χ0) is 21.8. The average molecular weight is 418 g/mol. The Morgan fingerprint density at radius 3 is 2.42 bits per heavy atom. The number of amides is 3. The number of hydrogen-bond acceptors (Lipinski definition) is 5. The minimum Gasteiger partial charge on any atom is -0.449 e. The van der Waals surface area contributed by atoms with Gasteiger partial charge in [-0.1, -0.05) is 60.7 Å². The highest BCUT2D eigenvalue weighted by Crippen LogP contribution is 2.24. The molecule has 3 aromatic rings. The van der Waals surface area contributed by atoms with Gasteiger partial charge in [0.25, 0.3) is 5.91 Å². The van der Waals surface area contributed by atoms with E-state index in [1.54, 1.807) is 10.9 Å². The second-order valence-corrected chi connectivity index (χ2v) is 7.21. The first-order valence-corrected chi connectivity index (χ1v) is 10.00. The summed E-state index contributed by atoms with van der Waals surface area (Å²) in [6.07, 6.45) is 0.523. The molecule has 1 saturated heterocycles. The van der Waals surface area contributed by atoms with Crippen LogP contribution in [0.2, 0.25) is 0 Å². The second-order valence-electron chi connectivity index (χ2n) is 7.21. The molecule has 0 unspecified atom stereocenters. The summed E-state index contributed by atoms with van der Waals surface area (Å²) in [4.78, 5) is 38.2. The van der Waals surface area contributed by atoms with Crippen LogP contribution in [0.25, 0.3) is 11.3 Å². The highest BCUT2D eigenvalue weighted by molar-refractivity contribution is 6.01. The SMILES string of the molecule is C[C@H](OC(=O)c1cn(Cc2ccccc2)nc1-c1ccccc1)C(=O)N1CCNC1=O. The monoisotopic (exact) mass is 418 g/mol. The third-order valence-corrected chi connectivity index (χ3v) is 4.97. The van der Waals surface area contributed by atoms with E-state index in [1.165, 1.54) is 6.92 Å². The smallest absolute Gasteiger partial charge is 0.342 e. The molecule has 1 aliphatic heterocycles. The lowest BCUT2D eigenvalue weighted by molar-refractivity contribution is -0.136. The molecule has 0 bridgehead atoms. The van der Waals surface area contributed by atoms with Gasteiger partial charge >= 0.3 is 12.0 Å². The topological polar surface area (TPSA) is 93.5 Å². The van der Waals surface area contributed by atoms with Crippen molar-refractivity contribution in [1.82, 2.24) is 20.0 Å². The van der Waals surface area contributed by atoms with Crippen molar-refractivity contribution in [3.63, 3.8) is 0 Å². The molecule has 1 aromatic heterocycles. The molecule has 4 rings (SSSR count). The van der Waals surface area contributed by atoms with Crippen molar-refractivity contribution in [1.29, 1.82) is 0 Å². The zero-order valence-electron chi connectivity index (χ0n) is 17.0. The van der Waals surface area contributed by atoms with Crippen LogP contribution in [0.15, 0.2) is 66.9 Å². The maximum absolute atomic E-state index is 13.0. The number of nitrogens with one attached hydrogen (secondary N) is 1. The van der Waals surface area contributed by atoms with Gasteiger partial charge in [0.1, 0.15) is 11.3 Å².